The van der Waals surface area contributed by atoms with E-state index in [-0.39, 0.29) is 79.1 Å². The minimum absolute atomic E-state index is 0.0167. The van der Waals surface area contributed by atoms with Crippen LogP contribution < -0.4 is 20.7 Å². The van der Waals surface area contributed by atoms with Gasteiger partial charge in [0.25, 0.3) is 0 Å². The maximum absolute atomic E-state index is 17.2. The Balaban J connectivity index is 1.28. The molecule has 47 heavy (non-hydrogen) atoms. The Morgan fingerprint density at radius 3 is 2.94 bits per heavy atom. The van der Waals surface area contributed by atoms with Crippen LogP contribution in [0.25, 0.3) is 32.2 Å². The summed E-state index contributed by atoms with van der Waals surface area (Å²) >= 11 is 8.12. The SMILES string of the molecule is C[C@H]1Cc2c(Cl)c(-c3ncc(F)c4sc(N)c(C#N)c34)c(F)c3nc(OC[C@@]45CCCN4C[C@H](F)C5)nc(c23)N2C[C@H]3CC[C@H](N3)[C@H]12. The van der Waals surface area contributed by atoms with Crippen LogP contribution in [-0.4, -0.2) is 75.9 Å². The number of benzene rings is 1. The number of thiophene rings is 1. The average Bonchev–Trinajstić information content (AvgIpc) is 3.77. The van der Waals surface area contributed by atoms with E-state index in [9.17, 15) is 14.0 Å². The van der Waals surface area contributed by atoms with Gasteiger partial charge < -0.3 is 20.7 Å². The number of nitrogen functional groups attached to an aromatic ring is 1. The van der Waals surface area contributed by atoms with Gasteiger partial charge in [-0.2, -0.15) is 15.2 Å². The molecule has 14 heteroatoms. The Bertz CT molecular complexity index is 2040. The predicted octanol–water partition coefficient (Wildman–Crippen LogP) is 5.75. The molecule has 4 aromatic rings. The van der Waals surface area contributed by atoms with Gasteiger partial charge in [-0.25, -0.2) is 13.2 Å². The number of hydrogen-bond acceptors (Lipinski definition) is 10. The maximum atomic E-state index is 17.2. The number of fused-ring (bicyclic) bond motifs is 7. The quantitative estimate of drug-likeness (QED) is 0.278. The Morgan fingerprint density at radius 1 is 1.26 bits per heavy atom. The van der Waals surface area contributed by atoms with E-state index >= 15 is 4.39 Å². The van der Waals surface area contributed by atoms with Crippen molar-refractivity contribution < 1.29 is 17.9 Å². The second kappa shape index (κ2) is 10.5. The van der Waals surface area contributed by atoms with Crippen molar-refractivity contribution in [2.75, 3.05) is 36.9 Å². The van der Waals surface area contributed by atoms with Crippen LogP contribution in [0.3, 0.4) is 0 Å². The number of nitrogens with zero attached hydrogens (tertiary/aromatic N) is 6. The molecule has 0 aliphatic carbocycles. The first-order chi connectivity index (χ1) is 22.7. The standard InChI is InChI=1S/C33H32ClF3N8OS/c1-14-7-17-22-27(25(37)23(24(17)34)26-21-18(9-38)30(39)47-29(21)19(36)10-40-26)42-32(46-13-33-5-2-6-44(33)11-15(35)8-33)43-31(22)45-12-16-3-4-20(41-16)28(14)45/h10,14-16,20,28,41H,2-8,11-13,39H2,1H3/t14-,15+,16+,20-,28-,33-/m0/s1. The van der Waals surface area contributed by atoms with E-state index in [0.717, 1.165) is 49.8 Å². The fourth-order valence-electron chi connectivity index (χ4n) is 9.26. The minimum Gasteiger partial charge on any atom is -0.461 e. The van der Waals surface area contributed by atoms with Gasteiger partial charge in [0.2, 0.25) is 0 Å². The number of hydrogen-bond donors (Lipinski definition) is 2. The third-order valence-electron chi connectivity index (χ3n) is 11.2. The number of aromatic nitrogens is 3. The summed E-state index contributed by atoms with van der Waals surface area (Å²) in [6.07, 6.45) is 4.81. The molecule has 0 saturated carbocycles. The monoisotopic (exact) mass is 680 g/mol. The molecule has 9 nitrogen and oxygen atoms in total. The Kier molecular flexibility index (Phi) is 6.65. The van der Waals surface area contributed by atoms with Gasteiger partial charge in [0.1, 0.15) is 35.2 Å². The zero-order valence-corrected chi connectivity index (χ0v) is 27.2. The van der Waals surface area contributed by atoms with Gasteiger partial charge in [-0.3, -0.25) is 9.88 Å². The zero-order valence-electron chi connectivity index (χ0n) is 25.6. The molecule has 8 heterocycles. The van der Waals surface area contributed by atoms with Crippen molar-refractivity contribution in [2.24, 2.45) is 5.92 Å². The van der Waals surface area contributed by atoms with Crippen molar-refractivity contribution in [3.05, 3.63) is 34.0 Å². The number of alkyl halides is 1. The summed E-state index contributed by atoms with van der Waals surface area (Å²) < 4.78 is 53.2. The number of nitrogens with one attached hydrogen (secondary N) is 1. The second-order valence-corrected chi connectivity index (χ2v) is 15.3. The first kappa shape index (κ1) is 29.7. The highest BCUT2D eigenvalue weighted by Crippen LogP contribution is 2.50. The normalized spacial score (nSPS) is 29.7. The molecular weight excluding hydrogens is 649 g/mol. The van der Waals surface area contributed by atoms with Crippen molar-refractivity contribution in [3.63, 3.8) is 0 Å². The Labute approximate surface area is 277 Å². The summed E-state index contributed by atoms with van der Waals surface area (Å²) in [6.45, 7) is 4.25. The highest BCUT2D eigenvalue weighted by Gasteiger charge is 2.50. The molecular formula is C33H32ClF3N8OS. The average molecular weight is 681 g/mol. The zero-order chi connectivity index (χ0) is 32.4. The number of halogens is 4. The van der Waals surface area contributed by atoms with E-state index in [1.807, 2.05) is 6.07 Å². The van der Waals surface area contributed by atoms with Gasteiger partial charge in [-0.15, -0.1) is 11.3 Å². The van der Waals surface area contributed by atoms with E-state index in [2.05, 4.69) is 32.0 Å². The molecule has 2 bridgehead atoms. The van der Waals surface area contributed by atoms with Crippen molar-refractivity contribution in [2.45, 2.75) is 75.3 Å². The summed E-state index contributed by atoms with van der Waals surface area (Å²) in [4.78, 5) is 18.4. The van der Waals surface area contributed by atoms with Crippen molar-refractivity contribution in [1.29, 1.82) is 5.26 Å². The summed E-state index contributed by atoms with van der Waals surface area (Å²) in [5.74, 6) is -0.743. The van der Waals surface area contributed by atoms with E-state index in [1.54, 1.807) is 0 Å². The maximum Gasteiger partial charge on any atom is 0.319 e. The third kappa shape index (κ3) is 4.24. The molecule has 5 aliphatic heterocycles. The van der Waals surface area contributed by atoms with Crippen LogP contribution in [0.4, 0.5) is 24.0 Å². The molecule has 0 radical (unpaired) electrons. The Hall–Kier alpha value is -3.44. The number of rotatable bonds is 4. The molecule has 1 aromatic carbocycles. The lowest BCUT2D eigenvalue weighted by Crippen LogP contribution is -2.60. The number of pyridine rings is 1. The van der Waals surface area contributed by atoms with E-state index in [0.29, 0.717) is 42.7 Å². The van der Waals surface area contributed by atoms with Crippen LogP contribution in [0.15, 0.2) is 6.20 Å². The molecule has 0 spiro atoms. The highest BCUT2D eigenvalue weighted by atomic mass is 35.5. The lowest BCUT2D eigenvalue weighted by atomic mass is 9.87. The van der Waals surface area contributed by atoms with Crippen LogP contribution >= 0.6 is 22.9 Å². The van der Waals surface area contributed by atoms with E-state index in [4.69, 9.17) is 27.1 Å². The van der Waals surface area contributed by atoms with Crippen LogP contribution in [0.1, 0.15) is 50.2 Å². The molecule has 244 valence electrons. The molecule has 9 rings (SSSR count). The molecule has 4 saturated heterocycles. The minimum atomic E-state index is -0.922. The second-order valence-electron chi connectivity index (χ2n) is 13.9. The van der Waals surface area contributed by atoms with Crippen LogP contribution in [0.2, 0.25) is 5.02 Å². The number of ether oxygens (including phenoxy) is 1. The lowest BCUT2D eigenvalue weighted by Gasteiger charge is -2.43. The van der Waals surface area contributed by atoms with E-state index in [1.165, 1.54) is 0 Å². The van der Waals surface area contributed by atoms with Gasteiger partial charge in [0.15, 0.2) is 11.6 Å². The van der Waals surface area contributed by atoms with Crippen LogP contribution in [0, 0.1) is 28.9 Å². The molecule has 3 aromatic heterocycles. The van der Waals surface area contributed by atoms with Crippen LogP contribution in [0.5, 0.6) is 6.01 Å². The number of piperazine rings is 1. The number of nitrogens with two attached hydrogens (primary N) is 1. The van der Waals surface area contributed by atoms with Gasteiger partial charge in [-0.1, -0.05) is 18.5 Å². The summed E-state index contributed by atoms with van der Waals surface area (Å²) in [5, 5.41) is 14.6. The van der Waals surface area contributed by atoms with Gasteiger partial charge in [-0.05, 0) is 50.1 Å². The van der Waals surface area contributed by atoms with Gasteiger partial charge in [0, 0.05) is 43.0 Å². The number of anilines is 2. The molecule has 0 amide bonds. The summed E-state index contributed by atoms with van der Waals surface area (Å²) in [6, 6.07) is 2.63. The van der Waals surface area contributed by atoms with Gasteiger partial charge in [0.05, 0.1) is 43.7 Å². The van der Waals surface area contributed by atoms with Crippen molar-refractivity contribution in [3.8, 4) is 23.3 Å². The molecule has 6 atom stereocenters. The van der Waals surface area contributed by atoms with Gasteiger partial charge >= 0.3 is 6.01 Å². The van der Waals surface area contributed by atoms with E-state index < -0.39 is 23.3 Å². The predicted molar refractivity (Wildman–Crippen MR) is 175 cm³/mol. The lowest BCUT2D eigenvalue weighted by molar-refractivity contribution is 0.107. The summed E-state index contributed by atoms with van der Waals surface area (Å²) in [7, 11) is 0. The largest absolute Gasteiger partial charge is 0.461 e. The fraction of sp³-hybridized carbons (Fsp3) is 0.515. The fourth-order valence-corrected chi connectivity index (χ4v) is 10.5. The van der Waals surface area contributed by atoms with Crippen molar-refractivity contribution >= 4 is 54.7 Å². The topological polar surface area (TPSA) is 116 Å². The Morgan fingerprint density at radius 2 is 2.11 bits per heavy atom. The van der Waals surface area contributed by atoms with Crippen LogP contribution in [-0.2, 0) is 6.42 Å². The molecule has 0 unspecified atom stereocenters. The number of nitriles is 1. The first-order valence-electron chi connectivity index (χ1n) is 16.2. The first-order valence-corrected chi connectivity index (χ1v) is 17.4. The smallest absolute Gasteiger partial charge is 0.319 e. The van der Waals surface area contributed by atoms with Crippen molar-refractivity contribution in [1.82, 2.24) is 25.2 Å². The molecule has 3 N–H and O–H groups in total. The molecule has 4 fully saturated rings. The third-order valence-corrected chi connectivity index (χ3v) is 12.6. The highest BCUT2D eigenvalue weighted by molar-refractivity contribution is 7.23. The molecule has 5 aliphatic rings. The summed E-state index contributed by atoms with van der Waals surface area (Å²) in [5.41, 5.74) is 6.37.